The van der Waals surface area contributed by atoms with Gasteiger partial charge in [-0.3, -0.25) is 4.79 Å². The lowest BCUT2D eigenvalue weighted by Crippen LogP contribution is -2.58. The molecule has 9 nitrogen and oxygen atoms in total. The Balaban J connectivity index is 2.07. The lowest BCUT2D eigenvalue weighted by molar-refractivity contribution is 0.0591. The normalized spacial score (nSPS) is 19.0. The van der Waals surface area contributed by atoms with E-state index in [1.54, 1.807) is 7.05 Å². The van der Waals surface area contributed by atoms with Crippen molar-refractivity contribution >= 4 is 17.7 Å². The number of carbonyl (C=O) groups excluding carboxylic acids is 1. The molecule has 3 rings (SSSR count). The maximum atomic E-state index is 13.0. The smallest absolute Gasteiger partial charge is 0.276 e. The second kappa shape index (κ2) is 6.61. The largest absolute Gasteiger partial charge is 0.344 e. The summed E-state index contributed by atoms with van der Waals surface area (Å²) >= 11 is 0. The molecule has 0 radical (unpaired) electrons. The van der Waals surface area contributed by atoms with Gasteiger partial charge in [0, 0.05) is 39.8 Å². The summed E-state index contributed by atoms with van der Waals surface area (Å²) in [5.74, 6) is 1.01. The van der Waals surface area contributed by atoms with Crippen LogP contribution in [0.1, 0.15) is 30.3 Å². The first-order valence-electron chi connectivity index (χ1n) is 8.44. The highest BCUT2D eigenvalue weighted by atomic mass is 16.2. The van der Waals surface area contributed by atoms with Crippen LogP contribution in [0, 0.1) is 22.7 Å². The third-order valence-corrected chi connectivity index (χ3v) is 4.91. The first-order chi connectivity index (χ1) is 12.1. The van der Waals surface area contributed by atoms with Crippen LogP contribution in [0.2, 0.25) is 0 Å². The van der Waals surface area contributed by atoms with Crippen LogP contribution in [0.25, 0.3) is 0 Å². The maximum absolute atomic E-state index is 13.0. The molecule has 1 fully saturated rings. The van der Waals surface area contributed by atoms with Crippen molar-refractivity contribution in [1.82, 2.24) is 19.8 Å². The van der Waals surface area contributed by atoms with E-state index in [4.69, 9.17) is 0 Å². The number of carbonyl (C=O) groups is 1. The van der Waals surface area contributed by atoms with E-state index >= 15 is 0 Å². The molecule has 3 heterocycles. The molecule has 2 aliphatic heterocycles. The summed E-state index contributed by atoms with van der Waals surface area (Å²) in [6, 6.07) is 4.17. The lowest BCUT2D eigenvalue weighted by Gasteiger charge is -2.42. The third kappa shape index (κ3) is 2.67. The monoisotopic (exact) mass is 342 g/mol. The van der Waals surface area contributed by atoms with Crippen molar-refractivity contribution in [2.24, 2.45) is 0 Å². The van der Waals surface area contributed by atoms with Crippen LogP contribution in [-0.4, -0.2) is 59.2 Å². The van der Waals surface area contributed by atoms with Crippen molar-refractivity contribution in [2.75, 3.05) is 43.4 Å². The number of hydrogen-bond donors (Lipinski definition) is 2. The quantitative estimate of drug-likeness (QED) is 0.811. The van der Waals surface area contributed by atoms with Crippen LogP contribution in [0.5, 0.6) is 0 Å². The number of anilines is 2. The zero-order valence-corrected chi connectivity index (χ0v) is 14.5. The Morgan fingerprint density at radius 1 is 1.24 bits per heavy atom. The number of imidazole rings is 1. The van der Waals surface area contributed by atoms with Crippen LogP contribution in [0.3, 0.4) is 0 Å². The minimum Gasteiger partial charge on any atom is -0.344 e. The average molecular weight is 342 g/mol. The van der Waals surface area contributed by atoms with Crippen molar-refractivity contribution in [2.45, 2.75) is 32.0 Å². The predicted molar refractivity (Wildman–Crippen MR) is 91.9 cm³/mol. The van der Waals surface area contributed by atoms with Gasteiger partial charge in [0.05, 0.1) is 25.0 Å². The number of nitrogens with one attached hydrogen (secondary N) is 2. The van der Waals surface area contributed by atoms with E-state index < -0.39 is 5.66 Å². The number of nitriles is 2. The second-order valence-electron chi connectivity index (χ2n) is 6.28. The highest BCUT2D eigenvalue weighted by molar-refractivity contribution is 6.00. The number of piperazine rings is 1. The van der Waals surface area contributed by atoms with Gasteiger partial charge in [0.2, 0.25) is 5.95 Å². The van der Waals surface area contributed by atoms with E-state index in [2.05, 4.69) is 32.7 Å². The molecule has 25 heavy (non-hydrogen) atoms. The molecule has 0 atom stereocenters. The zero-order chi connectivity index (χ0) is 18.0. The maximum Gasteiger partial charge on any atom is 0.276 e. The molecule has 0 saturated carbocycles. The Morgan fingerprint density at radius 2 is 1.88 bits per heavy atom. The number of aromatic nitrogens is 2. The molecule has 2 N–H and O–H groups in total. The molecule has 1 aromatic heterocycles. The standard InChI is InChI=1S/C16H22N8O/c1-3-24-12-13(20-15(24)23-10-8-19-9-11-23)21-16(4-6-17,5-7-18)22(2)14(12)25/h19,21H,3-5,8-11H2,1-2H3. The Hall–Kier alpha value is -2.78. The van der Waals surface area contributed by atoms with Gasteiger partial charge in [0.1, 0.15) is 5.66 Å². The van der Waals surface area contributed by atoms with Crippen molar-refractivity contribution < 1.29 is 4.79 Å². The summed E-state index contributed by atoms with van der Waals surface area (Å²) in [4.78, 5) is 21.3. The van der Waals surface area contributed by atoms with Gasteiger partial charge in [0.25, 0.3) is 5.91 Å². The molecule has 1 amide bonds. The predicted octanol–water partition coefficient (Wildman–Crippen LogP) is 0.334. The molecule has 2 aliphatic rings. The molecule has 0 aromatic carbocycles. The van der Waals surface area contributed by atoms with E-state index in [0.29, 0.717) is 18.1 Å². The molecule has 0 unspecified atom stereocenters. The highest BCUT2D eigenvalue weighted by Gasteiger charge is 2.46. The summed E-state index contributed by atoms with van der Waals surface area (Å²) in [6.07, 6.45) is 0.0361. The van der Waals surface area contributed by atoms with Crippen molar-refractivity contribution in [3.8, 4) is 12.1 Å². The van der Waals surface area contributed by atoms with Crippen LogP contribution in [-0.2, 0) is 6.54 Å². The van der Waals surface area contributed by atoms with E-state index in [1.807, 2.05) is 11.5 Å². The number of nitrogens with zero attached hydrogens (tertiary/aromatic N) is 6. The first kappa shape index (κ1) is 17.1. The van der Waals surface area contributed by atoms with Crippen LogP contribution >= 0.6 is 0 Å². The number of fused-ring (bicyclic) bond motifs is 1. The molecule has 132 valence electrons. The average Bonchev–Trinajstić information content (AvgIpc) is 2.99. The molecule has 9 heteroatoms. The zero-order valence-electron chi connectivity index (χ0n) is 14.5. The van der Waals surface area contributed by atoms with Gasteiger partial charge < -0.3 is 25.0 Å². The fourth-order valence-electron chi connectivity index (χ4n) is 3.46. The SMILES string of the molecule is CCn1c(N2CCNCC2)nc2c1C(=O)N(C)C(CC#N)(CC#N)N2. The van der Waals surface area contributed by atoms with E-state index in [-0.39, 0.29) is 18.7 Å². The first-order valence-corrected chi connectivity index (χ1v) is 8.44. The molecule has 0 aliphatic carbocycles. The minimum atomic E-state index is -1.04. The van der Waals surface area contributed by atoms with Gasteiger partial charge in [-0.25, -0.2) is 0 Å². The van der Waals surface area contributed by atoms with Gasteiger partial charge in [-0.1, -0.05) is 0 Å². The molecule has 1 saturated heterocycles. The van der Waals surface area contributed by atoms with E-state index in [9.17, 15) is 15.3 Å². The Morgan fingerprint density at radius 3 is 2.44 bits per heavy atom. The van der Waals surface area contributed by atoms with Crippen molar-refractivity contribution in [3.63, 3.8) is 0 Å². The summed E-state index contributed by atoms with van der Waals surface area (Å²) < 4.78 is 1.91. The summed E-state index contributed by atoms with van der Waals surface area (Å²) in [7, 11) is 1.63. The van der Waals surface area contributed by atoms with Gasteiger partial charge in [-0.05, 0) is 6.92 Å². The number of hydrogen-bond acceptors (Lipinski definition) is 7. The molecule has 0 spiro atoms. The van der Waals surface area contributed by atoms with E-state index in [0.717, 1.165) is 32.1 Å². The van der Waals surface area contributed by atoms with Crippen LogP contribution in [0.15, 0.2) is 0 Å². The van der Waals surface area contributed by atoms with Gasteiger partial charge in [0.15, 0.2) is 11.5 Å². The topological polar surface area (TPSA) is 113 Å². The summed E-state index contributed by atoms with van der Waals surface area (Å²) in [5.41, 5.74) is -0.550. The molecule has 0 bridgehead atoms. The minimum absolute atomic E-state index is 0.0180. The lowest BCUT2D eigenvalue weighted by atomic mass is 9.98. The third-order valence-electron chi connectivity index (χ3n) is 4.91. The second-order valence-corrected chi connectivity index (χ2v) is 6.28. The van der Waals surface area contributed by atoms with Crippen molar-refractivity contribution in [3.05, 3.63) is 5.69 Å². The van der Waals surface area contributed by atoms with Gasteiger partial charge in [-0.15, -0.1) is 0 Å². The Bertz CT molecular complexity index is 733. The fourth-order valence-corrected chi connectivity index (χ4v) is 3.46. The Kier molecular flexibility index (Phi) is 4.51. The summed E-state index contributed by atoms with van der Waals surface area (Å²) in [5, 5.41) is 24.9. The highest BCUT2D eigenvalue weighted by Crippen LogP contribution is 2.36. The number of amides is 1. The van der Waals surface area contributed by atoms with E-state index in [1.165, 1.54) is 4.90 Å². The molecular weight excluding hydrogens is 320 g/mol. The number of rotatable bonds is 4. The van der Waals surface area contributed by atoms with Gasteiger partial charge in [-0.2, -0.15) is 15.5 Å². The molecule has 1 aromatic rings. The fraction of sp³-hybridized carbons (Fsp3) is 0.625. The Labute approximate surface area is 146 Å². The van der Waals surface area contributed by atoms with Crippen molar-refractivity contribution in [1.29, 1.82) is 10.5 Å². The van der Waals surface area contributed by atoms with Gasteiger partial charge >= 0.3 is 0 Å². The summed E-state index contributed by atoms with van der Waals surface area (Å²) in [6.45, 7) is 5.98. The van der Waals surface area contributed by atoms with Crippen LogP contribution in [0.4, 0.5) is 11.8 Å². The van der Waals surface area contributed by atoms with Crippen LogP contribution < -0.4 is 15.5 Å². The molecular formula is C16H22N8O.